The van der Waals surface area contributed by atoms with Gasteiger partial charge in [0.05, 0.1) is 13.5 Å². The van der Waals surface area contributed by atoms with Crippen LogP contribution >= 0.6 is 0 Å². The van der Waals surface area contributed by atoms with Gasteiger partial charge in [0.1, 0.15) is 11.3 Å². The summed E-state index contributed by atoms with van der Waals surface area (Å²) < 4.78 is 10.4. The number of amides is 1. The van der Waals surface area contributed by atoms with Crippen molar-refractivity contribution >= 4 is 16.9 Å². The van der Waals surface area contributed by atoms with Gasteiger partial charge in [0.25, 0.3) is 0 Å². The van der Waals surface area contributed by atoms with Crippen LogP contribution in [-0.2, 0) is 17.8 Å². The molecule has 0 aliphatic rings. The lowest BCUT2D eigenvalue weighted by molar-refractivity contribution is -0.120. The first-order valence-electron chi connectivity index (χ1n) is 8.40. The molecular weight excluding hydrogens is 330 g/mol. The zero-order valence-electron chi connectivity index (χ0n) is 15.1. The molecule has 2 aromatic carbocycles. The molecule has 1 heterocycles. The van der Waals surface area contributed by atoms with Crippen LogP contribution in [0.1, 0.15) is 22.3 Å². The van der Waals surface area contributed by atoms with E-state index >= 15 is 0 Å². The zero-order chi connectivity index (χ0) is 18.7. The number of rotatable bonds is 5. The van der Waals surface area contributed by atoms with Crippen molar-refractivity contribution in [3.8, 4) is 5.75 Å². The van der Waals surface area contributed by atoms with Crippen LogP contribution in [0.15, 0.2) is 51.7 Å². The molecule has 134 valence electrons. The number of carbonyl (C=O) groups is 1. The number of methoxy groups -OCH3 is 1. The number of hydrogen-bond acceptors (Lipinski definition) is 4. The maximum atomic E-state index is 12.3. The molecule has 26 heavy (non-hydrogen) atoms. The maximum Gasteiger partial charge on any atom is 0.336 e. The third-order valence-electron chi connectivity index (χ3n) is 4.27. The number of fused-ring (bicyclic) bond motifs is 1. The highest BCUT2D eigenvalue weighted by atomic mass is 16.5. The van der Waals surface area contributed by atoms with Crippen molar-refractivity contribution < 1.29 is 13.9 Å². The monoisotopic (exact) mass is 351 g/mol. The topological polar surface area (TPSA) is 68.5 Å². The highest BCUT2D eigenvalue weighted by Gasteiger charge is 2.11. The molecule has 0 fully saturated rings. The van der Waals surface area contributed by atoms with Crippen LogP contribution in [0.25, 0.3) is 11.0 Å². The van der Waals surface area contributed by atoms with Crippen LogP contribution in [0.4, 0.5) is 0 Å². The normalized spacial score (nSPS) is 10.7. The second-order valence-electron chi connectivity index (χ2n) is 6.35. The van der Waals surface area contributed by atoms with Crippen molar-refractivity contribution in [2.24, 2.45) is 0 Å². The molecule has 5 heteroatoms. The van der Waals surface area contributed by atoms with Crippen LogP contribution in [0, 0.1) is 13.8 Å². The number of hydrogen-bond donors (Lipinski definition) is 1. The molecule has 1 N–H and O–H groups in total. The third-order valence-corrected chi connectivity index (χ3v) is 4.27. The van der Waals surface area contributed by atoms with E-state index in [9.17, 15) is 9.59 Å². The van der Waals surface area contributed by atoms with Gasteiger partial charge in [-0.2, -0.15) is 0 Å². The quantitative estimate of drug-likeness (QED) is 0.716. The Morgan fingerprint density at radius 2 is 1.85 bits per heavy atom. The van der Waals surface area contributed by atoms with Gasteiger partial charge in [-0.05, 0) is 54.3 Å². The Morgan fingerprint density at radius 1 is 1.12 bits per heavy atom. The van der Waals surface area contributed by atoms with Crippen molar-refractivity contribution in [3.63, 3.8) is 0 Å². The summed E-state index contributed by atoms with van der Waals surface area (Å²) in [6.45, 7) is 4.20. The van der Waals surface area contributed by atoms with E-state index in [1.54, 1.807) is 7.11 Å². The maximum absolute atomic E-state index is 12.3. The standard InChI is InChI=1S/C21H21NO4/c1-13-8-14(2)21-16(11-20(24)26-18(21)9-13)12-22-19(23)10-15-4-6-17(25-3)7-5-15/h4-9,11H,10,12H2,1-3H3,(H,22,23). The van der Waals surface area contributed by atoms with Gasteiger partial charge < -0.3 is 14.5 Å². The molecule has 3 aromatic rings. The van der Waals surface area contributed by atoms with E-state index in [4.69, 9.17) is 9.15 Å². The van der Waals surface area contributed by atoms with E-state index in [1.807, 2.05) is 50.2 Å². The smallest absolute Gasteiger partial charge is 0.336 e. The van der Waals surface area contributed by atoms with Crippen LogP contribution in [0.2, 0.25) is 0 Å². The van der Waals surface area contributed by atoms with Gasteiger partial charge in [0, 0.05) is 18.0 Å². The number of benzene rings is 2. The van der Waals surface area contributed by atoms with Crippen molar-refractivity contribution in [2.45, 2.75) is 26.8 Å². The lowest BCUT2D eigenvalue weighted by Gasteiger charge is -2.10. The average molecular weight is 351 g/mol. The zero-order valence-corrected chi connectivity index (χ0v) is 15.1. The summed E-state index contributed by atoms with van der Waals surface area (Å²) in [5, 5.41) is 3.76. The largest absolute Gasteiger partial charge is 0.497 e. The first-order valence-corrected chi connectivity index (χ1v) is 8.40. The third kappa shape index (κ3) is 3.94. The predicted molar refractivity (Wildman–Crippen MR) is 101 cm³/mol. The highest BCUT2D eigenvalue weighted by Crippen LogP contribution is 2.23. The lowest BCUT2D eigenvalue weighted by Crippen LogP contribution is -2.25. The SMILES string of the molecule is COc1ccc(CC(=O)NCc2cc(=O)oc3cc(C)cc(C)c23)cc1. The summed E-state index contributed by atoms with van der Waals surface area (Å²) in [6.07, 6.45) is 0.265. The van der Waals surface area contributed by atoms with Crippen molar-refractivity contribution in [1.29, 1.82) is 0 Å². The van der Waals surface area contributed by atoms with Gasteiger partial charge in [0.2, 0.25) is 5.91 Å². The van der Waals surface area contributed by atoms with Gasteiger partial charge >= 0.3 is 5.63 Å². The summed E-state index contributed by atoms with van der Waals surface area (Å²) in [6, 6.07) is 12.7. The number of carbonyl (C=O) groups excluding carboxylic acids is 1. The molecular formula is C21H21NO4. The van der Waals surface area contributed by atoms with E-state index in [0.29, 0.717) is 5.58 Å². The highest BCUT2D eigenvalue weighted by molar-refractivity contribution is 5.85. The summed E-state index contributed by atoms with van der Waals surface area (Å²) >= 11 is 0. The second kappa shape index (κ2) is 7.44. The molecule has 0 saturated carbocycles. The fourth-order valence-electron chi connectivity index (χ4n) is 3.10. The molecule has 0 bridgehead atoms. The number of aryl methyl sites for hydroxylation is 2. The Morgan fingerprint density at radius 3 is 2.54 bits per heavy atom. The predicted octanol–water partition coefficient (Wildman–Crippen LogP) is 3.28. The molecule has 0 aliphatic heterocycles. The fraction of sp³-hybridized carbons (Fsp3) is 0.238. The molecule has 5 nitrogen and oxygen atoms in total. The van der Waals surface area contributed by atoms with E-state index in [0.717, 1.165) is 33.4 Å². The Kier molecular flexibility index (Phi) is 5.07. The van der Waals surface area contributed by atoms with Crippen LogP contribution in [-0.4, -0.2) is 13.0 Å². The summed E-state index contributed by atoms with van der Waals surface area (Å²) in [5.41, 5.74) is 3.84. The summed E-state index contributed by atoms with van der Waals surface area (Å²) in [7, 11) is 1.60. The van der Waals surface area contributed by atoms with E-state index in [2.05, 4.69) is 5.32 Å². The van der Waals surface area contributed by atoms with E-state index in [-0.39, 0.29) is 18.9 Å². The van der Waals surface area contributed by atoms with Crippen molar-refractivity contribution in [1.82, 2.24) is 5.32 Å². The Hall–Kier alpha value is -3.08. The minimum absolute atomic E-state index is 0.110. The summed E-state index contributed by atoms with van der Waals surface area (Å²) in [4.78, 5) is 24.1. The second-order valence-corrected chi connectivity index (χ2v) is 6.35. The van der Waals surface area contributed by atoms with Crippen molar-refractivity contribution in [3.05, 3.63) is 75.1 Å². The van der Waals surface area contributed by atoms with Gasteiger partial charge in [-0.1, -0.05) is 18.2 Å². The first kappa shape index (κ1) is 17.7. The Balaban J connectivity index is 1.76. The van der Waals surface area contributed by atoms with Gasteiger partial charge in [-0.3, -0.25) is 4.79 Å². The Bertz CT molecular complexity index is 1000. The average Bonchev–Trinajstić information content (AvgIpc) is 2.59. The first-order chi connectivity index (χ1) is 12.5. The van der Waals surface area contributed by atoms with Gasteiger partial charge in [0.15, 0.2) is 0 Å². The van der Waals surface area contributed by atoms with E-state index < -0.39 is 5.63 Å². The Labute approximate surface area is 151 Å². The number of nitrogens with one attached hydrogen (secondary N) is 1. The molecule has 0 unspecified atom stereocenters. The number of ether oxygens (including phenoxy) is 1. The molecule has 0 aliphatic carbocycles. The molecule has 0 atom stereocenters. The van der Waals surface area contributed by atoms with Crippen LogP contribution < -0.4 is 15.7 Å². The lowest BCUT2D eigenvalue weighted by atomic mass is 10.0. The molecule has 0 radical (unpaired) electrons. The fourth-order valence-corrected chi connectivity index (χ4v) is 3.10. The molecule has 0 saturated heterocycles. The minimum Gasteiger partial charge on any atom is -0.497 e. The summed E-state index contributed by atoms with van der Waals surface area (Å²) in [5.74, 6) is 0.642. The molecule has 3 rings (SSSR count). The van der Waals surface area contributed by atoms with E-state index in [1.165, 1.54) is 6.07 Å². The molecule has 0 spiro atoms. The van der Waals surface area contributed by atoms with Crippen LogP contribution in [0.3, 0.4) is 0 Å². The van der Waals surface area contributed by atoms with Gasteiger partial charge in [-0.15, -0.1) is 0 Å². The molecule has 1 amide bonds. The van der Waals surface area contributed by atoms with Gasteiger partial charge in [-0.25, -0.2) is 4.79 Å². The van der Waals surface area contributed by atoms with Crippen molar-refractivity contribution in [2.75, 3.05) is 7.11 Å². The molecule has 1 aromatic heterocycles. The minimum atomic E-state index is -0.415. The van der Waals surface area contributed by atoms with Crippen LogP contribution in [0.5, 0.6) is 5.75 Å².